The van der Waals surface area contributed by atoms with E-state index in [1.165, 1.54) is 36.4 Å². The lowest BCUT2D eigenvalue weighted by molar-refractivity contribution is -0.384. The van der Waals surface area contributed by atoms with Crippen LogP contribution in [-0.2, 0) is 26.1 Å². The van der Waals surface area contributed by atoms with E-state index >= 15 is 0 Å². The summed E-state index contributed by atoms with van der Waals surface area (Å²) in [5.74, 6) is -0.496. The van der Waals surface area contributed by atoms with Crippen molar-refractivity contribution < 1.29 is 18.1 Å². The SMILES string of the molecule is Cc1ccc(-n2nc3c(c2NC(=O)/C=C\c2ccc([N+](=O)[O-])cc2)CS(=O)(=O)C3)c(C)c1. The molecule has 2 heterocycles. The number of fused-ring (bicyclic) bond motifs is 1. The Morgan fingerprint density at radius 3 is 2.53 bits per heavy atom. The molecule has 1 aliphatic heterocycles. The van der Waals surface area contributed by atoms with Gasteiger partial charge in [-0.3, -0.25) is 14.9 Å². The van der Waals surface area contributed by atoms with Gasteiger partial charge >= 0.3 is 0 Å². The maximum absolute atomic E-state index is 12.6. The number of carbonyl (C=O) groups excluding carboxylic acids is 1. The number of nitrogens with one attached hydrogen (secondary N) is 1. The van der Waals surface area contributed by atoms with Gasteiger partial charge in [-0.15, -0.1) is 0 Å². The Morgan fingerprint density at radius 2 is 1.88 bits per heavy atom. The minimum atomic E-state index is -3.30. The molecule has 32 heavy (non-hydrogen) atoms. The van der Waals surface area contributed by atoms with Crippen LogP contribution in [0.5, 0.6) is 0 Å². The lowest BCUT2D eigenvalue weighted by atomic mass is 10.1. The average Bonchev–Trinajstić information content (AvgIpc) is 3.19. The fourth-order valence-electron chi connectivity index (χ4n) is 3.63. The molecule has 0 aliphatic carbocycles. The van der Waals surface area contributed by atoms with Crippen molar-refractivity contribution in [3.8, 4) is 5.69 Å². The number of hydrogen-bond acceptors (Lipinski definition) is 6. The Balaban J connectivity index is 1.65. The normalized spacial score (nSPS) is 14.4. The third-order valence-electron chi connectivity index (χ3n) is 5.14. The maximum atomic E-state index is 12.6. The van der Waals surface area contributed by atoms with Crippen molar-refractivity contribution in [1.82, 2.24) is 9.78 Å². The number of hydrogen-bond donors (Lipinski definition) is 1. The minimum Gasteiger partial charge on any atom is -0.307 e. The molecule has 1 aromatic heterocycles. The molecule has 3 aromatic rings. The molecule has 0 atom stereocenters. The molecule has 2 aromatic carbocycles. The van der Waals surface area contributed by atoms with Crippen LogP contribution in [0.4, 0.5) is 11.5 Å². The van der Waals surface area contributed by atoms with E-state index in [0.29, 0.717) is 22.6 Å². The van der Waals surface area contributed by atoms with Gasteiger partial charge < -0.3 is 5.32 Å². The average molecular weight is 452 g/mol. The standard InChI is InChI=1S/C22H20N4O5S/c1-14-3-9-20(15(2)11-14)25-22(18-12-32(30,31)13-19(18)24-25)23-21(27)10-6-16-4-7-17(8-5-16)26(28)29/h3-11H,12-13H2,1-2H3,(H,23,27)/b10-6-. The Kier molecular flexibility index (Phi) is 5.39. The Labute approximate surface area is 184 Å². The number of benzene rings is 2. The zero-order valence-electron chi connectivity index (χ0n) is 17.4. The molecule has 0 spiro atoms. The summed E-state index contributed by atoms with van der Waals surface area (Å²) in [6.07, 6.45) is 2.81. The van der Waals surface area contributed by atoms with E-state index in [9.17, 15) is 23.3 Å². The first-order valence-electron chi connectivity index (χ1n) is 9.75. The quantitative estimate of drug-likeness (QED) is 0.359. The van der Waals surface area contributed by atoms with Crippen LogP contribution in [0.3, 0.4) is 0 Å². The Bertz CT molecular complexity index is 1370. The fourth-order valence-corrected chi connectivity index (χ4v) is 5.12. The molecule has 1 aliphatic rings. The molecule has 0 fully saturated rings. The molecular formula is C22H20N4O5S. The van der Waals surface area contributed by atoms with Gasteiger partial charge in [0.2, 0.25) is 5.91 Å². The van der Waals surface area contributed by atoms with Gasteiger partial charge in [-0.25, -0.2) is 13.1 Å². The van der Waals surface area contributed by atoms with Gasteiger partial charge in [-0.2, -0.15) is 5.10 Å². The highest BCUT2D eigenvalue weighted by Gasteiger charge is 2.33. The van der Waals surface area contributed by atoms with E-state index in [4.69, 9.17) is 0 Å². The van der Waals surface area contributed by atoms with Crippen LogP contribution in [-0.4, -0.2) is 29.0 Å². The lowest BCUT2D eigenvalue weighted by Gasteiger charge is -2.12. The van der Waals surface area contributed by atoms with Gasteiger partial charge in [0.1, 0.15) is 5.82 Å². The van der Waals surface area contributed by atoms with Crippen LogP contribution in [0.2, 0.25) is 0 Å². The summed E-state index contributed by atoms with van der Waals surface area (Å²) in [4.78, 5) is 22.9. The first-order chi connectivity index (χ1) is 15.1. The van der Waals surface area contributed by atoms with Crippen molar-refractivity contribution in [1.29, 1.82) is 0 Å². The molecule has 1 amide bonds. The Hall–Kier alpha value is -3.79. The number of aryl methyl sites for hydroxylation is 2. The molecule has 4 rings (SSSR count). The lowest BCUT2D eigenvalue weighted by Crippen LogP contribution is -2.15. The smallest absolute Gasteiger partial charge is 0.269 e. The monoisotopic (exact) mass is 452 g/mol. The van der Waals surface area contributed by atoms with Gasteiger partial charge in [-0.1, -0.05) is 17.7 Å². The van der Waals surface area contributed by atoms with E-state index in [1.807, 2.05) is 32.0 Å². The second kappa shape index (κ2) is 8.04. The minimum absolute atomic E-state index is 0.0410. The molecule has 164 valence electrons. The highest BCUT2D eigenvalue weighted by atomic mass is 32.2. The van der Waals surface area contributed by atoms with Gasteiger partial charge in [0.25, 0.3) is 5.69 Å². The van der Waals surface area contributed by atoms with Gasteiger partial charge in [-0.05, 0) is 49.2 Å². The number of sulfone groups is 1. The van der Waals surface area contributed by atoms with E-state index in [-0.39, 0.29) is 17.2 Å². The number of nitro groups is 1. The van der Waals surface area contributed by atoms with Crippen LogP contribution >= 0.6 is 0 Å². The molecule has 9 nitrogen and oxygen atoms in total. The van der Waals surface area contributed by atoms with Crippen LogP contribution < -0.4 is 5.32 Å². The fraction of sp³-hybridized carbons (Fsp3) is 0.182. The van der Waals surface area contributed by atoms with E-state index in [1.54, 1.807) is 4.68 Å². The predicted octanol–water partition coefficient (Wildman–Crippen LogP) is 3.48. The number of nitrogens with zero attached hydrogens (tertiary/aromatic N) is 3. The van der Waals surface area contributed by atoms with Gasteiger partial charge in [0.15, 0.2) is 9.84 Å². The summed E-state index contributed by atoms with van der Waals surface area (Å²) in [5.41, 5.74) is 4.25. The number of amides is 1. The first-order valence-corrected chi connectivity index (χ1v) is 11.6. The van der Waals surface area contributed by atoms with Crippen LogP contribution in [0.25, 0.3) is 11.8 Å². The number of anilines is 1. The third kappa shape index (κ3) is 4.30. The van der Waals surface area contributed by atoms with Crippen LogP contribution in [0.1, 0.15) is 27.9 Å². The highest BCUT2D eigenvalue weighted by Crippen LogP contribution is 2.33. The van der Waals surface area contributed by atoms with Crippen LogP contribution in [0, 0.1) is 24.0 Å². The zero-order valence-corrected chi connectivity index (χ0v) is 18.2. The zero-order chi connectivity index (χ0) is 23.0. The molecule has 10 heteroatoms. The molecule has 1 N–H and O–H groups in total. The summed E-state index contributed by atoms with van der Waals surface area (Å²) >= 11 is 0. The molecule has 0 bridgehead atoms. The predicted molar refractivity (Wildman–Crippen MR) is 120 cm³/mol. The van der Waals surface area contributed by atoms with Crippen molar-refractivity contribution in [2.24, 2.45) is 0 Å². The van der Waals surface area contributed by atoms with E-state index in [0.717, 1.165) is 16.8 Å². The molecule has 0 radical (unpaired) electrons. The maximum Gasteiger partial charge on any atom is 0.269 e. The van der Waals surface area contributed by atoms with Gasteiger partial charge in [0, 0.05) is 23.8 Å². The molecular weight excluding hydrogens is 432 g/mol. The molecule has 0 saturated heterocycles. The highest BCUT2D eigenvalue weighted by molar-refractivity contribution is 7.90. The Morgan fingerprint density at radius 1 is 1.16 bits per heavy atom. The van der Waals surface area contributed by atoms with Crippen LogP contribution in [0.15, 0.2) is 48.5 Å². The van der Waals surface area contributed by atoms with E-state index in [2.05, 4.69) is 10.4 Å². The number of non-ortho nitro benzene ring substituents is 1. The second-order valence-electron chi connectivity index (χ2n) is 7.68. The topological polar surface area (TPSA) is 124 Å². The second-order valence-corrected chi connectivity index (χ2v) is 9.74. The number of aromatic nitrogens is 2. The largest absolute Gasteiger partial charge is 0.307 e. The summed E-state index contributed by atoms with van der Waals surface area (Å²) < 4.78 is 25.8. The molecule has 0 unspecified atom stereocenters. The van der Waals surface area contributed by atoms with Crippen molar-refractivity contribution >= 4 is 33.3 Å². The summed E-state index contributed by atoms with van der Waals surface area (Å²) in [7, 11) is -3.30. The van der Waals surface area contributed by atoms with Gasteiger partial charge in [0.05, 0.1) is 27.8 Å². The first kappa shape index (κ1) is 21.4. The van der Waals surface area contributed by atoms with Crippen molar-refractivity contribution in [3.63, 3.8) is 0 Å². The molecule has 0 saturated carbocycles. The third-order valence-corrected chi connectivity index (χ3v) is 6.58. The van der Waals surface area contributed by atoms with E-state index < -0.39 is 20.7 Å². The summed E-state index contributed by atoms with van der Waals surface area (Å²) in [6.45, 7) is 3.89. The number of nitro benzene ring substituents is 1. The van der Waals surface area contributed by atoms with Crippen molar-refractivity contribution in [3.05, 3.63) is 86.6 Å². The summed E-state index contributed by atoms with van der Waals surface area (Å²) in [5, 5.41) is 18.0. The number of rotatable bonds is 5. The summed E-state index contributed by atoms with van der Waals surface area (Å²) in [6, 6.07) is 11.6. The van der Waals surface area contributed by atoms with Crippen molar-refractivity contribution in [2.45, 2.75) is 25.4 Å². The van der Waals surface area contributed by atoms with Crippen molar-refractivity contribution in [2.75, 3.05) is 5.32 Å². The number of carbonyl (C=O) groups is 1.